The quantitative estimate of drug-likeness (QED) is 0.821. The number of amides is 1. The highest BCUT2D eigenvalue weighted by molar-refractivity contribution is 7.90. The smallest absolute Gasteiger partial charge is 0.251 e. The molecule has 1 atom stereocenters. The number of benzene rings is 1. The predicted molar refractivity (Wildman–Crippen MR) is 68.2 cm³/mol. The first-order valence-electron chi connectivity index (χ1n) is 5.57. The summed E-state index contributed by atoms with van der Waals surface area (Å²) in [6.45, 7) is 1.98. The highest BCUT2D eigenvalue weighted by atomic mass is 32.2. The second-order valence-corrected chi connectivity index (χ2v) is 6.21. The molecule has 0 aromatic heterocycles. The summed E-state index contributed by atoms with van der Waals surface area (Å²) in [6, 6.07) is 5.86. The molecule has 0 saturated heterocycles. The summed E-state index contributed by atoms with van der Waals surface area (Å²) in [4.78, 5) is 11.8. The zero-order valence-electron chi connectivity index (χ0n) is 10.4. The Hall–Kier alpha value is -1.40. The van der Waals surface area contributed by atoms with Gasteiger partial charge in [0.15, 0.2) is 9.84 Å². The van der Waals surface area contributed by atoms with Crippen LogP contribution in [0.2, 0.25) is 0 Å². The molecule has 2 N–H and O–H groups in total. The molecule has 0 saturated carbocycles. The van der Waals surface area contributed by atoms with E-state index in [2.05, 4.69) is 5.32 Å². The van der Waals surface area contributed by atoms with Crippen molar-refractivity contribution in [3.63, 3.8) is 0 Å². The lowest BCUT2D eigenvalue weighted by molar-refractivity contribution is 0.0945. The third-order valence-electron chi connectivity index (χ3n) is 2.37. The van der Waals surface area contributed by atoms with Gasteiger partial charge in [0.25, 0.3) is 5.91 Å². The van der Waals surface area contributed by atoms with E-state index in [4.69, 9.17) is 5.11 Å². The van der Waals surface area contributed by atoms with Gasteiger partial charge in [-0.15, -0.1) is 0 Å². The first-order chi connectivity index (χ1) is 8.30. The fourth-order valence-electron chi connectivity index (χ4n) is 1.36. The molecule has 0 fully saturated rings. The van der Waals surface area contributed by atoms with Gasteiger partial charge in [0.05, 0.1) is 11.0 Å². The highest BCUT2D eigenvalue weighted by Crippen LogP contribution is 2.11. The Kier molecular flexibility index (Phi) is 4.86. The number of hydrogen-bond donors (Lipinski definition) is 2. The number of rotatable bonds is 5. The maximum atomic E-state index is 11.7. The molecule has 0 spiro atoms. The molecule has 0 aliphatic heterocycles. The monoisotopic (exact) mass is 271 g/mol. The molecular weight excluding hydrogens is 254 g/mol. The average Bonchev–Trinajstić information content (AvgIpc) is 2.27. The van der Waals surface area contributed by atoms with Crippen LogP contribution in [0.15, 0.2) is 29.2 Å². The van der Waals surface area contributed by atoms with Crippen molar-refractivity contribution in [2.45, 2.75) is 24.3 Å². The maximum absolute atomic E-state index is 11.7. The Labute approximate surface area is 107 Å². The number of carbonyl (C=O) groups is 1. The Balaban J connectivity index is 2.75. The van der Waals surface area contributed by atoms with Crippen molar-refractivity contribution >= 4 is 15.7 Å². The number of nitrogens with one attached hydrogen (secondary N) is 1. The fraction of sp³-hybridized carbons (Fsp3) is 0.417. The third-order valence-corrected chi connectivity index (χ3v) is 3.48. The molecule has 6 heteroatoms. The number of aliphatic hydroxyl groups is 1. The molecule has 0 bridgehead atoms. The summed E-state index contributed by atoms with van der Waals surface area (Å²) >= 11 is 0. The van der Waals surface area contributed by atoms with E-state index in [0.717, 1.165) is 6.26 Å². The van der Waals surface area contributed by atoms with Gasteiger partial charge >= 0.3 is 0 Å². The van der Waals surface area contributed by atoms with E-state index < -0.39 is 15.9 Å². The van der Waals surface area contributed by atoms with Gasteiger partial charge in [0, 0.05) is 18.4 Å². The summed E-state index contributed by atoms with van der Waals surface area (Å²) in [5.41, 5.74) is 0.295. The van der Waals surface area contributed by atoms with Crippen LogP contribution >= 0.6 is 0 Å². The molecule has 1 aromatic carbocycles. The van der Waals surface area contributed by atoms with E-state index in [1.165, 1.54) is 18.2 Å². The standard InChI is InChI=1S/C12H17NO4S/c1-9(14)6-7-13-12(15)10-4-3-5-11(8-10)18(2,16)17/h3-5,8-9,14H,6-7H2,1-2H3,(H,13,15). The van der Waals surface area contributed by atoms with Crippen LogP contribution in [0.5, 0.6) is 0 Å². The van der Waals surface area contributed by atoms with Crippen LogP contribution in [0.25, 0.3) is 0 Å². The largest absolute Gasteiger partial charge is 0.393 e. The average molecular weight is 271 g/mol. The molecule has 5 nitrogen and oxygen atoms in total. The Morgan fingerprint density at radius 2 is 2.11 bits per heavy atom. The maximum Gasteiger partial charge on any atom is 0.251 e. The van der Waals surface area contributed by atoms with Crippen LogP contribution in [0.4, 0.5) is 0 Å². The summed E-state index contributed by atoms with van der Waals surface area (Å²) in [5.74, 6) is -0.346. The molecule has 0 aliphatic carbocycles. The number of hydrogen-bond acceptors (Lipinski definition) is 4. The van der Waals surface area contributed by atoms with Crippen molar-refractivity contribution in [3.8, 4) is 0 Å². The van der Waals surface area contributed by atoms with Gasteiger partial charge in [0.2, 0.25) is 0 Å². The van der Waals surface area contributed by atoms with Gasteiger partial charge in [-0.25, -0.2) is 8.42 Å². The number of aliphatic hydroxyl groups excluding tert-OH is 1. The van der Waals surface area contributed by atoms with Crippen LogP contribution in [-0.4, -0.2) is 38.3 Å². The molecule has 1 unspecified atom stereocenters. The van der Waals surface area contributed by atoms with Crippen molar-refractivity contribution in [1.82, 2.24) is 5.32 Å². The summed E-state index contributed by atoms with van der Waals surface area (Å²) in [6.07, 6.45) is 1.07. The first-order valence-corrected chi connectivity index (χ1v) is 7.46. The van der Waals surface area contributed by atoms with Gasteiger partial charge in [-0.05, 0) is 31.5 Å². The van der Waals surface area contributed by atoms with Crippen molar-refractivity contribution < 1.29 is 18.3 Å². The lowest BCUT2D eigenvalue weighted by Gasteiger charge is -2.07. The molecule has 1 rings (SSSR count). The SMILES string of the molecule is CC(O)CCNC(=O)c1cccc(S(C)(=O)=O)c1. The van der Waals surface area contributed by atoms with Gasteiger partial charge in [-0.1, -0.05) is 6.07 Å². The Morgan fingerprint density at radius 1 is 1.44 bits per heavy atom. The zero-order chi connectivity index (χ0) is 13.8. The van der Waals surface area contributed by atoms with E-state index in [9.17, 15) is 13.2 Å². The van der Waals surface area contributed by atoms with E-state index >= 15 is 0 Å². The van der Waals surface area contributed by atoms with Crippen molar-refractivity contribution in [2.75, 3.05) is 12.8 Å². The third kappa shape index (κ3) is 4.46. The fourth-order valence-corrected chi connectivity index (χ4v) is 2.03. The molecule has 1 amide bonds. The second-order valence-electron chi connectivity index (χ2n) is 4.19. The molecule has 1 aromatic rings. The van der Waals surface area contributed by atoms with Gasteiger partial charge < -0.3 is 10.4 Å². The van der Waals surface area contributed by atoms with Crippen LogP contribution < -0.4 is 5.32 Å². The normalized spacial score (nSPS) is 13.1. The van der Waals surface area contributed by atoms with Crippen molar-refractivity contribution in [1.29, 1.82) is 0 Å². The van der Waals surface area contributed by atoms with E-state index in [1.54, 1.807) is 13.0 Å². The lowest BCUT2D eigenvalue weighted by Crippen LogP contribution is -2.26. The molecule has 0 aliphatic rings. The van der Waals surface area contributed by atoms with Crippen LogP contribution in [0, 0.1) is 0 Å². The Morgan fingerprint density at radius 3 is 2.67 bits per heavy atom. The summed E-state index contributed by atoms with van der Waals surface area (Å²) in [5, 5.41) is 11.7. The number of sulfone groups is 1. The predicted octanol–water partition coefficient (Wildman–Crippen LogP) is 0.591. The highest BCUT2D eigenvalue weighted by Gasteiger charge is 2.11. The molecular formula is C12H17NO4S. The Bertz CT molecular complexity index is 523. The van der Waals surface area contributed by atoms with E-state index in [1.807, 2.05) is 0 Å². The van der Waals surface area contributed by atoms with E-state index in [0.29, 0.717) is 18.5 Å². The van der Waals surface area contributed by atoms with Crippen molar-refractivity contribution in [2.24, 2.45) is 0 Å². The van der Waals surface area contributed by atoms with Crippen LogP contribution in [0.3, 0.4) is 0 Å². The lowest BCUT2D eigenvalue weighted by atomic mass is 10.2. The van der Waals surface area contributed by atoms with Crippen LogP contribution in [0.1, 0.15) is 23.7 Å². The van der Waals surface area contributed by atoms with Crippen molar-refractivity contribution in [3.05, 3.63) is 29.8 Å². The first kappa shape index (κ1) is 14.7. The summed E-state index contributed by atoms with van der Waals surface area (Å²) < 4.78 is 22.7. The molecule has 100 valence electrons. The molecule has 0 radical (unpaired) electrons. The van der Waals surface area contributed by atoms with Gasteiger partial charge in [0.1, 0.15) is 0 Å². The minimum Gasteiger partial charge on any atom is -0.393 e. The van der Waals surface area contributed by atoms with E-state index in [-0.39, 0.29) is 10.8 Å². The minimum atomic E-state index is -3.31. The zero-order valence-corrected chi connectivity index (χ0v) is 11.2. The van der Waals surface area contributed by atoms with Crippen LogP contribution in [-0.2, 0) is 9.84 Å². The molecule has 0 heterocycles. The van der Waals surface area contributed by atoms with Gasteiger partial charge in [-0.3, -0.25) is 4.79 Å². The number of carbonyl (C=O) groups excluding carboxylic acids is 1. The van der Waals surface area contributed by atoms with Gasteiger partial charge in [-0.2, -0.15) is 0 Å². The minimum absolute atomic E-state index is 0.116. The topological polar surface area (TPSA) is 83.5 Å². The summed E-state index contributed by atoms with van der Waals surface area (Å²) in [7, 11) is -3.31. The molecule has 18 heavy (non-hydrogen) atoms. The second kappa shape index (κ2) is 5.97.